The number of rotatable bonds is 4. The van der Waals surface area contributed by atoms with Crippen molar-refractivity contribution >= 4 is 11.8 Å². The van der Waals surface area contributed by atoms with Crippen molar-refractivity contribution in [2.45, 2.75) is 38.8 Å². The molecule has 2 amide bonds. The molecule has 24 heavy (non-hydrogen) atoms. The third-order valence-electron chi connectivity index (χ3n) is 5.20. The number of aryl methyl sites for hydroxylation is 1. The van der Waals surface area contributed by atoms with E-state index in [0.29, 0.717) is 25.6 Å². The van der Waals surface area contributed by atoms with Crippen molar-refractivity contribution in [3.05, 3.63) is 35.4 Å². The lowest BCUT2D eigenvalue weighted by atomic mass is 10.0. The molecule has 0 radical (unpaired) electrons. The molecule has 1 aromatic carbocycles. The second-order valence-electron chi connectivity index (χ2n) is 7.07. The molecule has 0 aromatic heterocycles. The van der Waals surface area contributed by atoms with Gasteiger partial charge in [0.25, 0.3) is 0 Å². The highest BCUT2D eigenvalue weighted by molar-refractivity contribution is 5.89. The number of amides is 2. The van der Waals surface area contributed by atoms with Crippen LogP contribution in [-0.2, 0) is 16.1 Å². The van der Waals surface area contributed by atoms with Crippen LogP contribution in [0, 0.1) is 12.8 Å². The maximum absolute atomic E-state index is 12.8. The molecule has 2 unspecified atom stereocenters. The maximum Gasteiger partial charge on any atom is 0.228 e. The average Bonchev–Trinajstić information content (AvgIpc) is 2.97. The number of nitrogens with one attached hydrogen (secondary N) is 1. The second kappa shape index (κ2) is 7.34. The van der Waals surface area contributed by atoms with Crippen molar-refractivity contribution in [1.82, 2.24) is 15.1 Å². The zero-order chi connectivity index (χ0) is 17.1. The molecule has 5 heteroatoms. The molecule has 1 aromatic rings. The van der Waals surface area contributed by atoms with E-state index < -0.39 is 0 Å². The highest BCUT2D eigenvalue weighted by Crippen LogP contribution is 2.24. The molecule has 0 saturated carbocycles. The van der Waals surface area contributed by atoms with E-state index in [4.69, 9.17) is 0 Å². The molecule has 2 aliphatic heterocycles. The summed E-state index contributed by atoms with van der Waals surface area (Å²) in [7, 11) is 1.95. The van der Waals surface area contributed by atoms with Gasteiger partial charge in [-0.25, -0.2) is 0 Å². The lowest BCUT2D eigenvalue weighted by molar-refractivity contribution is -0.137. The van der Waals surface area contributed by atoms with E-state index in [1.165, 1.54) is 5.56 Å². The van der Waals surface area contributed by atoms with Crippen LogP contribution in [0.2, 0.25) is 0 Å². The Kier molecular flexibility index (Phi) is 5.19. The van der Waals surface area contributed by atoms with Crippen molar-refractivity contribution in [2.75, 3.05) is 26.7 Å². The van der Waals surface area contributed by atoms with Crippen LogP contribution in [-0.4, -0.2) is 54.3 Å². The molecule has 2 atom stereocenters. The largest absolute Gasteiger partial charge is 0.341 e. The number of carbonyl (C=O) groups is 2. The normalized spacial score (nSPS) is 24.5. The van der Waals surface area contributed by atoms with E-state index in [0.717, 1.165) is 31.5 Å². The predicted octanol–water partition coefficient (Wildman–Crippen LogP) is 1.55. The lowest BCUT2D eigenvalue weighted by Gasteiger charge is -2.34. The highest BCUT2D eigenvalue weighted by Gasteiger charge is 2.37. The minimum atomic E-state index is -0.182. The first-order valence-corrected chi connectivity index (χ1v) is 8.86. The van der Waals surface area contributed by atoms with Crippen molar-refractivity contribution in [1.29, 1.82) is 0 Å². The molecular formula is C19H27N3O2. The number of likely N-dealkylation sites (tertiary alicyclic amines) is 2. The van der Waals surface area contributed by atoms with Crippen molar-refractivity contribution < 1.29 is 9.59 Å². The van der Waals surface area contributed by atoms with Crippen LogP contribution in [0.5, 0.6) is 0 Å². The van der Waals surface area contributed by atoms with Gasteiger partial charge in [0, 0.05) is 38.6 Å². The fraction of sp³-hybridized carbons (Fsp3) is 0.579. The van der Waals surface area contributed by atoms with Gasteiger partial charge in [-0.2, -0.15) is 0 Å². The molecule has 2 saturated heterocycles. The summed E-state index contributed by atoms with van der Waals surface area (Å²) in [6, 6.07) is 8.61. The van der Waals surface area contributed by atoms with Gasteiger partial charge in [0.2, 0.25) is 11.8 Å². The van der Waals surface area contributed by atoms with Crippen LogP contribution in [0.15, 0.2) is 24.3 Å². The molecule has 0 spiro atoms. The molecule has 5 nitrogen and oxygen atoms in total. The van der Waals surface area contributed by atoms with Crippen molar-refractivity contribution in [3.8, 4) is 0 Å². The Hall–Kier alpha value is -1.88. The summed E-state index contributed by atoms with van der Waals surface area (Å²) in [5.41, 5.74) is 2.33. The molecular weight excluding hydrogens is 302 g/mol. The number of likely N-dealkylation sites (N-methyl/N-ethyl adjacent to an activating group) is 1. The number of benzene rings is 1. The Morgan fingerprint density at radius 1 is 1.25 bits per heavy atom. The summed E-state index contributed by atoms with van der Waals surface area (Å²) in [6.07, 6.45) is 2.50. The van der Waals surface area contributed by atoms with Gasteiger partial charge in [0.1, 0.15) is 0 Å². The molecule has 2 aliphatic rings. The van der Waals surface area contributed by atoms with Crippen molar-refractivity contribution in [2.24, 2.45) is 5.92 Å². The quantitative estimate of drug-likeness (QED) is 0.912. The zero-order valence-electron chi connectivity index (χ0n) is 14.6. The average molecular weight is 329 g/mol. The topological polar surface area (TPSA) is 52.7 Å². The molecule has 0 bridgehead atoms. The zero-order valence-corrected chi connectivity index (χ0v) is 14.6. The van der Waals surface area contributed by atoms with Crippen molar-refractivity contribution in [3.63, 3.8) is 0 Å². The Balaban J connectivity index is 1.59. The summed E-state index contributed by atoms with van der Waals surface area (Å²) >= 11 is 0. The van der Waals surface area contributed by atoms with Crippen LogP contribution < -0.4 is 5.32 Å². The SMILES string of the molecule is CNC1CCCN(C(=O)C2CC(=O)N(Cc3ccc(C)cc3)C2)C1. The number of hydrogen-bond donors (Lipinski definition) is 1. The van der Waals surface area contributed by atoms with Gasteiger partial charge in [0.15, 0.2) is 0 Å². The second-order valence-corrected chi connectivity index (χ2v) is 7.07. The summed E-state index contributed by atoms with van der Waals surface area (Å²) in [6.45, 7) is 4.78. The maximum atomic E-state index is 12.8. The van der Waals surface area contributed by atoms with Gasteiger partial charge in [0.05, 0.1) is 5.92 Å². The van der Waals surface area contributed by atoms with Gasteiger partial charge in [-0.15, -0.1) is 0 Å². The first-order valence-electron chi connectivity index (χ1n) is 8.86. The Bertz CT molecular complexity index is 599. The number of nitrogens with zero attached hydrogens (tertiary/aromatic N) is 2. The van der Waals surface area contributed by atoms with Gasteiger partial charge in [-0.1, -0.05) is 29.8 Å². The Morgan fingerprint density at radius 2 is 2.00 bits per heavy atom. The third-order valence-corrected chi connectivity index (χ3v) is 5.20. The van der Waals surface area contributed by atoms with E-state index in [9.17, 15) is 9.59 Å². The monoisotopic (exact) mass is 329 g/mol. The van der Waals surface area contributed by atoms with Gasteiger partial charge in [-0.05, 0) is 32.4 Å². The Morgan fingerprint density at radius 3 is 2.71 bits per heavy atom. The minimum absolute atomic E-state index is 0.0936. The van der Waals surface area contributed by atoms with Crippen LogP contribution in [0.3, 0.4) is 0 Å². The van der Waals surface area contributed by atoms with Gasteiger partial charge in [-0.3, -0.25) is 9.59 Å². The summed E-state index contributed by atoms with van der Waals surface area (Å²) < 4.78 is 0. The van der Waals surface area contributed by atoms with Gasteiger partial charge >= 0.3 is 0 Å². The molecule has 130 valence electrons. The lowest BCUT2D eigenvalue weighted by Crippen LogP contribution is -2.49. The summed E-state index contributed by atoms with van der Waals surface area (Å²) in [5.74, 6) is 0.0596. The molecule has 3 rings (SSSR count). The van der Waals surface area contributed by atoms with Gasteiger partial charge < -0.3 is 15.1 Å². The standard InChI is InChI=1S/C19H27N3O2/c1-14-5-7-15(8-6-14)11-22-12-16(10-18(22)23)19(24)21-9-3-4-17(13-21)20-2/h5-8,16-17,20H,3-4,9-13H2,1-2H3. The van der Waals surface area contributed by atoms with E-state index in [-0.39, 0.29) is 17.7 Å². The van der Waals surface area contributed by atoms with Crippen LogP contribution in [0.25, 0.3) is 0 Å². The first-order chi connectivity index (χ1) is 11.6. The van der Waals surface area contributed by atoms with E-state index in [1.54, 1.807) is 0 Å². The van der Waals surface area contributed by atoms with E-state index in [2.05, 4.69) is 36.5 Å². The van der Waals surface area contributed by atoms with E-state index >= 15 is 0 Å². The number of hydrogen-bond acceptors (Lipinski definition) is 3. The Labute approximate surface area is 144 Å². The van der Waals surface area contributed by atoms with Crippen LogP contribution in [0.1, 0.15) is 30.4 Å². The fourth-order valence-electron chi connectivity index (χ4n) is 3.68. The minimum Gasteiger partial charge on any atom is -0.341 e. The fourth-order valence-corrected chi connectivity index (χ4v) is 3.68. The summed E-state index contributed by atoms with van der Waals surface area (Å²) in [4.78, 5) is 28.8. The van der Waals surface area contributed by atoms with Crippen LogP contribution in [0.4, 0.5) is 0 Å². The molecule has 0 aliphatic carbocycles. The smallest absolute Gasteiger partial charge is 0.228 e. The van der Waals surface area contributed by atoms with Crippen LogP contribution >= 0.6 is 0 Å². The number of carbonyl (C=O) groups excluding carboxylic acids is 2. The third kappa shape index (κ3) is 3.78. The van der Waals surface area contributed by atoms with E-state index in [1.807, 2.05) is 16.8 Å². The molecule has 2 fully saturated rings. The molecule has 1 N–H and O–H groups in total. The summed E-state index contributed by atoms with van der Waals surface area (Å²) in [5, 5.41) is 3.26. The molecule has 2 heterocycles. The number of piperidine rings is 1. The first kappa shape index (κ1) is 17.0. The predicted molar refractivity (Wildman–Crippen MR) is 93.4 cm³/mol. The highest BCUT2D eigenvalue weighted by atomic mass is 16.2.